The Balaban J connectivity index is 2.35. The number of aromatic nitrogens is 1. The number of pyridine rings is 1. The monoisotopic (exact) mass is 177 g/mol. The predicted octanol–water partition coefficient (Wildman–Crippen LogP) is 2.01. The Kier molecular flexibility index (Phi) is 2.32. The van der Waals surface area contributed by atoms with Gasteiger partial charge in [-0.05, 0) is 49.8 Å². The first-order valence-corrected chi connectivity index (χ1v) is 4.93. The number of aryl methyl sites for hydroxylation is 2. The van der Waals surface area contributed by atoms with Gasteiger partial charge in [0.05, 0.1) is 6.10 Å². The molecule has 0 saturated heterocycles. The third kappa shape index (κ3) is 1.73. The highest BCUT2D eigenvalue weighted by Crippen LogP contribution is 2.22. The summed E-state index contributed by atoms with van der Waals surface area (Å²) in [5.74, 6) is 0. The van der Waals surface area contributed by atoms with Crippen molar-refractivity contribution >= 4 is 0 Å². The Morgan fingerprint density at radius 2 is 2.15 bits per heavy atom. The number of aliphatic hydroxyl groups excluding tert-OH is 1. The lowest BCUT2D eigenvalue weighted by Crippen LogP contribution is -2.06. The quantitative estimate of drug-likeness (QED) is 0.711. The van der Waals surface area contributed by atoms with Crippen molar-refractivity contribution in [2.75, 3.05) is 0 Å². The van der Waals surface area contributed by atoms with Gasteiger partial charge in [0.2, 0.25) is 0 Å². The Morgan fingerprint density at radius 1 is 1.38 bits per heavy atom. The summed E-state index contributed by atoms with van der Waals surface area (Å²) in [6.45, 7) is 1.78. The predicted molar refractivity (Wildman–Crippen MR) is 51.5 cm³/mol. The standard InChI is InChI=1S/C11H15NO/c1-8(13)10-6-9-4-2-3-5-11(9)12-7-10/h6-8,13H,2-5H2,1H3/t8-/m1/s1. The highest BCUT2D eigenvalue weighted by Gasteiger charge is 2.12. The Hall–Kier alpha value is -0.890. The van der Waals surface area contributed by atoms with E-state index in [2.05, 4.69) is 11.1 Å². The molecule has 2 heteroatoms. The van der Waals surface area contributed by atoms with E-state index in [4.69, 9.17) is 0 Å². The summed E-state index contributed by atoms with van der Waals surface area (Å²) in [7, 11) is 0. The summed E-state index contributed by atoms with van der Waals surface area (Å²) in [5, 5.41) is 9.39. The van der Waals surface area contributed by atoms with Crippen LogP contribution < -0.4 is 0 Å². The van der Waals surface area contributed by atoms with Gasteiger partial charge in [0.1, 0.15) is 0 Å². The zero-order valence-corrected chi connectivity index (χ0v) is 7.95. The minimum Gasteiger partial charge on any atom is -0.389 e. The zero-order chi connectivity index (χ0) is 9.26. The van der Waals surface area contributed by atoms with Gasteiger partial charge >= 0.3 is 0 Å². The average Bonchev–Trinajstić information content (AvgIpc) is 2.17. The first-order chi connectivity index (χ1) is 6.27. The first-order valence-electron chi connectivity index (χ1n) is 4.93. The molecule has 0 unspecified atom stereocenters. The van der Waals surface area contributed by atoms with E-state index in [1.165, 1.54) is 24.1 Å². The number of nitrogens with zero attached hydrogens (tertiary/aromatic N) is 1. The fraction of sp³-hybridized carbons (Fsp3) is 0.545. The van der Waals surface area contributed by atoms with Gasteiger partial charge in [-0.1, -0.05) is 0 Å². The number of rotatable bonds is 1. The molecule has 2 rings (SSSR count). The lowest BCUT2D eigenvalue weighted by molar-refractivity contribution is 0.198. The average molecular weight is 177 g/mol. The van der Waals surface area contributed by atoms with Crippen LogP contribution in [0.5, 0.6) is 0 Å². The van der Waals surface area contributed by atoms with Gasteiger partial charge in [-0.25, -0.2) is 0 Å². The Labute approximate surface area is 78.6 Å². The summed E-state index contributed by atoms with van der Waals surface area (Å²) in [4.78, 5) is 4.38. The minimum absolute atomic E-state index is 0.389. The second kappa shape index (κ2) is 3.46. The van der Waals surface area contributed by atoms with Crippen LogP contribution in [0.25, 0.3) is 0 Å². The highest BCUT2D eigenvalue weighted by atomic mass is 16.3. The summed E-state index contributed by atoms with van der Waals surface area (Å²) < 4.78 is 0. The van der Waals surface area contributed by atoms with Gasteiger partial charge in [0, 0.05) is 11.9 Å². The van der Waals surface area contributed by atoms with E-state index in [0.717, 1.165) is 18.4 Å². The van der Waals surface area contributed by atoms with Crippen LogP contribution in [-0.2, 0) is 12.8 Å². The molecule has 13 heavy (non-hydrogen) atoms. The van der Waals surface area contributed by atoms with Crippen molar-refractivity contribution in [1.82, 2.24) is 4.98 Å². The van der Waals surface area contributed by atoms with Crippen molar-refractivity contribution in [1.29, 1.82) is 0 Å². The molecule has 0 aliphatic heterocycles. The third-order valence-corrected chi connectivity index (χ3v) is 2.67. The maximum absolute atomic E-state index is 9.39. The van der Waals surface area contributed by atoms with E-state index in [0.29, 0.717) is 0 Å². The molecule has 70 valence electrons. The number of hydrogen-bond acceptors (Lipinski definition) is 2. The van der Waals surface area contributed by atoms with Gasteiger partial charge in [-0.3, -0.25) is 4.98 Å². The van der Waals surface area contributed by atoms with Crippen molar-refractivity contribution in [2.45, 2.75) is 38.7 Å². The fourth-order valence-electron chi connectivity index (χ4n) is 1.84. The summed E-state index contributed by atoms with van der Waals surface area (Å²) >= 11 is 0. The van der Waals surface area contributed by atoms with Gasteiger partial charge in [0.25, 0.3) is 0 Å². The molecular weight excluding hydrogens is 162 g/mol. The maximum Gasteiger partial charge on any atom is 0.0776 e. The largest absolute Gasteiger partial charge is 0.389 e. The molecule has 0 saturated carbocycles. The van der Waals surface area contributed by atoms with Crippen molar-refractivity contribution in [3.8, 4) is 0 Å². The summed E-state index contributed by atoms with van der Waals surface area (Å²) in [6.07, 6.45) is 6.17. The van der Waals surface area contributed by atoms with E-state index in [1.54, 1.807) is 13.1 Å². The van der Waals surface area contributed by atoms with E-state index >= 15 is 0 Å². The maximum atomic E-state index is 9.39. The molecule has 1 N–H and O–H groups in total. The van der Waals surface area contributed by atoms with Crippen LogP contribution in [0.15, 0.2) is 12.3 Å². The van der Waals surface area contributed by atoms with Crippen LogP contribution in [0.2, 0.25) is 0 Å². The van der Waals surface area contributed by atoms with Crippen LogP contribution in [0, 0.1) is 0 Å². The smallest absolute Gasteiger partial charge is 0.0776 e. The lowest BCUT2D eigenvalue weighted by Gasteiger charge is -2.16. The minimum atomic E-state index is -0.389. The molecule has 0 bridgehead atoms. The molecule has 1 atom stereocenters. The second-order valence-corrected chi connectivity index (χ2v) is 3.76. The van der Waals surface area contributed by atoms with E-state index in [1.807, 2.05) is 0 Å². The molecule has 0 amide bonds. The van der Waals surface area contributed by atoms with Crippen LogP contribution >= 0.6 is 0 Å². The van der Waals surface area contributed by atoms with Crippen LogP contribution in [0.1, 0.15) is 42.7 Å². The molecule has 0 aromatic carbocycles. The molecule has 1 aromatic heterocycles. The van der Waals surface area contributed by atoms with Crippen LogP contribution in [-0.4, -0.2) is 10.1 Å². The molecular formula is C11H15NO. The molecule has 1 heterocycles. The lowest BCUT2D eigenvalue weighted by atomic mass is 9.94. The SMILES string of the molecule is C[C@@H](O)c1cnc2c(c1)CCCC2. The van der Waals surface area contributed by atoms with Gasteiger partial charge < -0.3 is 5.11 Å². The van der Waals surface area contributed by atoms with Crippen molar-refractivity contribution in [3.63, 3.8) is 0 Å². The fourth-order valence-corrected chi connectivity index (χ4v) is 1.84. The molecule has 1 aromatic rings. The molecule has 0 spiro atoms. The van der Waals surface area contributed by atoms with Gasteiger partial charge in [-0.2, -0.15) is 0 Å². The van der Waals surface area contributed by atoms with Crippen molar-refractivity contribution < 1.29 is 5.11 Å². The van der Waals surface area contributed by atoms with Gasteiger partial charge in [-0.15, -0.1) is 0 Å². The topological polar surface area (TPSA) is 33.1 Å². The van der Waals surface area contributed by atoms with E-state index in [9.17, 15) is 5.11 Å². The number of aliphatic hydroxyl groups is 1. The molecule has 1 aliphatic rings. The molecule has 1 aliphatic carbocycles. The first kappa shape index (κ1) is 8.70. The number of hydrogen-bond donors (Lipinski definition) is 1. The summed E-state index contributed by atoms with van der Waals surface area (Å²) in [5.41, 5.74) is 3.51. The van der Waals surface area contributed by atoms with Crippen molar-refractivity contribution in [2.24, 2.45) is 0 Å². The van der Waals surface area contributed by atoms with E-state index < -0.39 is 0 Å². The number of fused-ring (bicyclic) bond motifs is 1. The normalized spacial score (nSPS) is 18.0. The Morgan fingerprint density at radius 3 is 2.92 bits per heavy atom. The highest BCUT2D eigenvalue weighted by molar-refractivity contribution is 5.28. The molecule has 0 fully saturated rings. The molecule has 0 radical (unpaired) electrons. The second-order valence-electron chi connectivity index (χ2n) is 3.76. The Bertz CT molecular complexity index is 307. The van der Waals surface area contributed by atoms with Gasteiger partial charge in [0.15, 0.2) is 0 Å². The zero-order valence-electron chi connectivity index (χ0n) is 7.95. The molecule has 2 nitrogen and oxygen atoms in total. The van der Waals surface area contributed by atoms with Crippen LogP contribution in [0.3, 0.4) is 0 Å². The van der Waals surface area contributed by atoms with Crippen molar-refractivity contribution in [3.05, 3.63) is 29.1 Å². The van der Waals surface area contributed by atoms with E-state index in [-0.39, 0.29) is 6.10 Å². The third-order valence-electron chi connectivity index (χ3n) is 2.67. The van der Waals surface area contributed by atoms with Crippen LogP contribution in [0.4, 0.5) is 0 Å². The summed E-state index contributed by atoms with van der Waals surface area (Å²) in [6, 6.07) is 2.10.